The van der Waals surface area contributed by atoms with E-state index in [-0.39, 0.29) is 5.78 Å². The Labute approximate surface area is 85.4 Å². The van der Waals surface area contributed by atoms with E-state index in [1.54, 1.807) is 12.3 Å². The Hall–Kier alpha value is -1.18. The third kappa shape index (κ3) is 2.95. The summed E-state index contributed by atoms with van der Waals surface area (Å²) in [5.41, 5.74) is 1.80. The summed E-state index contributed by atoms with van der Waals surface area (Å²) in [4.78, 5) is 15.8. The second-order valence-electron chi connectivity index (χ2n) is 3.42. The van der Waals surface area contributed by atoms with E-state index in [9.17, 15) is 4.79 Å². The lowest BCUT2D eigenvalue weighted by Crippen LogP contribution is -2.00. The predicted molar refractivity (Wildman–Crippen MR) is 57.5 cm³/mol. The zero-order valence-corrected chi connectivity index (χ0v) is 8.92. The second kappa shape index (κ2) is 5.53. The molecule has 0 radical (unpaired) electrons. The highest BCUT2D eigenvalue weighted by Crippen LogP contribution is 2.08. The Bertz CT molecular complexity index is 307. The van der Waals surface area contributed by atoms with Crippen molar-refractivity contribution in [1.29, 1.82) is 0 Å². The number of rotatable bonds is 5. The van der Waals surface area contributed by atoms with E-state index in [1.807, 2.05) is 13.0 Å². The number of aryl methyl sites for hydroxylation is 1. The van der Waals surface area contributed by atoms with Crippen molar-refractivity contribution in [3.8, 4) is 0 Å². The maximum absolute atomic E-state index is 11.6. The van der Waals surface area contributed by atoms with Gasteiger partial charge in [-0.3, -0.25) is 9.78 Å². The fourth-order valence-electron chi connectivity index (χ4n) is 1.33. The molecule has 1 rings (SSSR count). The van der Waals surface area contributed by atoms with Crippen LogP contribution in [0.15, 0.2) is 18.3 Å². The van der Waals surface area contributed by atoms with Crippen LogP contribution in [0.4, 0.5) is 0 Å². The standard InChI is InChI=1S/C12H17NO/c1-3-5-6-12(14)10-7-8-13-11(4-2)9-10/h7-9H,3-6H2,1-2H3. The summed E-state index contributed by atoms with van der Waals surface area (Å²) in [5.74, 6) is 0.240. The molecule has 0 aromatic carbocycles. The summed E-state index contributed by atoms with van der Waals surface area (Å²) in [6, 6.07) is 3.70. The monoisotopic (exact) mass is 191 g/mol. The minimum atomic E-state index is 0.240. The van der Waals surface area contributed by atoms with Crippen molar-refractivity contribution in [2.24, 2.45) is 0 Å². The Kier molecular flexibility index (Phi) is 4.30. The van der Waals surface area contributed by atoms with E-state index in [0.29, 0.717) is 6.42 Å². The van der Waals surface area contributed by atoms with Gasteiger partial charge < -0.3 is 0 Å². The van der Waals surface area contributed by atoms with E-state index in [2.05, 4.69) is 11.9 Å². The van der Waals surface area contributed by atoms with Gasteiger partial charge in [-0.15, -0.1) is 0 Å². The molecule has 1 aromatic rings. The average Bonchev–Trinajstić information content (AvgIpc) is 2.26. The van der Waals surface area contributed by atoms with Crippen LogP contribution in [0.2, 0.25) is 0 Å². The van der Waals surface area contributed by atoms with Gasteiger partial charge in [-0.05, 0) is 25.0 Å². The lowest BCUT2D eigenvalue weighted by molar-refractivity contribution is 0.0979. The Morgan fingerprint density at radius 2 is 2.21 bits per heavy atom. The van der Waals surface area contributed by atoms with Crippen LogP contribution >= 0.6 is 0 Å². The van der Waals surface area contributed by atoms with Crippen molar-refractivity contribution in [3.05, 3.63) is 29.6 Å². The number of ketones is 1. The molecule has 0 unspecified atom stereocenters. The van der Waals surface area contributed by atoms with E-state index >= 15 is 0 Å². The number of aromatic nitrogens is 1. The third-order valence-electron chi connectivity index (χ3n) is 2.26. The first-order chi connectivity index (χ1) is 6.77. The number of pyridine rings is 1. The van der Waals surface area contributed by atoms with Crippen molar-refractivity contribution in [2.45, 2.75) is 39.5 Å². The Morgan fingerprint density at radius 3 is 2.86 bits per heavy atom. The predicted octanol–water partition coefficient (Wildman–Crippen LogP) is 3.02. The smallest absolute Gasteiger partial charge is 0.162 e. The van der Waals surface area contributed by atoms with Gasteiger partial charge >= 0.3 is 0 Å². The maximum Gasteiger partial charge on any atom is 0.162 e. The molecular weight excluding hydrogens is 174 g/mol. The lowest BCUT2D eigenvalue weighted by Gasteiger charge is -2.01. The molecule has 2 heteroatoms. The average molecular weight is 191 g/mol. The van der Waals surface area contributed by atoms with Crippen molar-refractivity contribution in [2.75, 3.05) is 0 Å². The molecule has 0 fully saturated rings. The van der Waals surface area contributed by atoms with Crippen LogP contribution in [0.3, 0.4) is 0 Å². The molecule has 0 aliphatic rings. The SMILES string of the molecule is CCCCC(=O)c1ccnc(CC)c1. The Morgan fingerprint density at radius 1 is 1.43 bits per heavy atom. The molecule has 14 heavy (non-hydrogen) atoms. The van der Waals surface area contributed by atoms with Crippen LogP contribution in [0.5, 0.6) is 0 Å². The Balaban J connectivity index is 2.69. The van der Waals surface area contributed by atoms with Gasteiger partial charge in [0.2, 0.25) is 0 Å². The van der Waals surface area contributed by atoms with E-state index < -0.39 is 0 Å². The van der Waals surface area contributed by atoms with Crippen molar-refractivity contribution >= 4 is 5.78 Å². The van der Waals surface area contributed by atoms with Crippen molar-refractivity contribution < 1.29 is 4.79 Å². The summed E-state index contributed by atoms with van der Waals surface area (Å²) in [5, 5.41) is 0. The van der Waals surface area contributed by atoms with Gasteiger partial charge in [0.15, 0.2) is 5.78 Å². The first kappa shape index (κ1) is 10.9. The summed E-state index contributed by atoms with van der Waals surface area (Å²) >= 11 is 0. The van der Waals surface area contributed by atoms with Crippen LogP contribution in [0.1, 0.15) is 49.2 Å². The molecule has 1 heterocycles. The number of hydrogen-bond acceptors (Lipinski definition) is 2. The van der Waals surface area contributed by atoms with Crippen LogP contribution in [0.25, 0.3) is 0 Å². The topological polar surface area (TPSA) is 30.0 Å². The fourth-order valence-corrected chi connectivity index (χ4v) is 1.33. The van der Waals surface area contributed by atoms with Crippen LogP contribution in [-0.4, -0.2) is 10.8 Å². The van der Waals surface area contributed by atoms with Gasteiger partial charge in [-0.1, -0.05) is 20.3 Å². The molecule has 0 saturated carbocycles. The number of nitrogens with zero attached hydrogens (tertiary/aromatic N) is 1. The number of carbonyl (C=O) groups is 1. The summed E-state index contributed by atoms with van der Waals surface area (Å²) in [6.07, 6.45) is 5.30. The lowest BCUT2D eigenvalue weighted by atomic mass is 10.1. The normalized spacial score (nSPS) is 10.1. The first-order valence-corrected chi connectivity index (χ1v) is 5.26. The highest BCUT2D eigenvalue weighted by atomic mass is 16.1. The fraction of sp³-hybridized carbons (Fsp3) is 0.500. The van der Waals surface area contributed by atoms with Crippen LogP contribution in [-0.2, 0) is 6.42 Å². The molecule has 0 aliphatic heterocycles. The molecule has 2 nitrogen and oxygen atoms in total. The van der Waals surface area contributed by atoms with Gasteiger partial charge in [0.05, 0.1) is 0 Å². The molecule has 0 atom stereocenters. The second-order valence-corrected chi connectivity index (χ2v) is 3.42. The summed E-state index contributed by atoms with van der Waals surface area (Å²) < 4.78 is 0. The van der Waals surface area contributed by atoms with E-state index in [0.717, 1.165) is 30.5 Å². The van der Waals surface area contributed by atoms with Gasteiger partial charge in [-0.2, -0.15) is 0 Å². The van der Waals surface area contributed by atoms with Gasteiger partial charge in [0, 0.05) is 23.9 Å². The molecule has 0 saturated heterocycles. The molecular formula is C12H17NO. The minimum absolute atomic E-state index is 0.240. The maximum atomic E-state index is 11.6. The van der Waals surface area contributed by atoms with E-state index in [4.69, 9.17) is 0 Å². The molecule has 1 aromatic heterocycles. The van der Waals surface area contributed by atoms with Crippen LogP contribution in [0, 0.1) is 0 Å². The summed E-state index contributed by atoms with van der Waals surface area (Å²) in [7, 11) is 0. The number of carbonyl (C=O) groups excluding carboxylic acids is 1. The first-order valence-electron chi connectivity index (χ1n) is 5.26. The molecule has 0 aliphatic carbocycles. The number of unbranched alkanes of at least 4 members (excludes halogenated alkanes) is 1. The molecule has 0 spiro atoms. The van der Waals surface area contributed by atoms with Gasteiger partial charge in [0.1, 0.15) is 0 Å². The summed E-state index contributed by atoms with van der Waals surface area (Å²) in [6.45, 7) is 4.14. The largest absolute Gasteiger partial charge is 0.294 e. The quantitative estimate of drug-likeness (QED) is 0.670. The van der Waals surface area contributed by atoms with Crippen LogP contribution < -0.4 is 0 Å². The number of hydrogen-bond donors (Lipinski definition) is 0. The van der Waals surface area contributed by atoms with E-state index in [1.165, 1.54) is 0 Å². The highest BCUT2D eigenvalue weighted by Gasteiger charge is 2.05. The minimum Gasteiger partial charge on any atom is -0.294 e. The van der Waals surface area contributed by atoms with Crippen molar-refractivity contribution in [1.82, 2.24) is 4.98 Å². The van der Waals surface area contributed by atoms with Gasteiger partial charge in [0.25, 0.3) is 0 Å². The van der Waals surface area contributed by atoms with Gasteiger partial charge in [-0.25, -0.2) is 0 Å². The molecule has 0 N–H and O–H groups in total. The molecule has 0 amide bonds. The number of Topliss-reactive ketones (excluding diaryl/α,β-unsaturated/α-hetero) is 1. The molecule has 0 bridgehead atoms. The zero-order valence-electron chi connectivity index (χ0n) is 8.92. The highest BCUT2D eigenvalue weighted by molar-refractivity contribution is 5.95. The zero-order chi connectivity index (χ0) is 10.4. The van der Waals surface area contributed by atoms with Crippen molar-refractivity contribution in [3.63, 3.8) is 0 Å². The molecule has 76 valence electrons. The third-order valence-corrected chi connectivity index (χ3v) is 2.26.